The topological polar surface area (TPSA) is 114 Å². The van der Waals surface area contributed by atoms with E-state index >= 15 is 0 Å². The Morgan fingerprint density at radius 3 is 2.70 bits per heavy atom. The quantitative estimate of drug-likeness (QED) is 0.630. The van der Waals surface area contributed by atoms with E-state index in [1.165, 1.54) is 20.2 Å². The van der Waals surface area contributed by atoms with E-state index in [4.69, 9.17) is 9.47 Å². The van der Waals surface area contributed by atoms with E-state index in [0.717, 1.165) is 10.6 Å². The van der Waals surface area contributed by atoms with Gasteiger partial charge in [0.05, 0.1) is 6.61 Å². The molecule has 2 heterocycles. The summed E-state index contributed by atoms with van der Waals surface area (Å²) in [7, 11) is 1.45. The molecule has 1 aromatic rings. The summed E-state index contributed by atoms with van der Waals surface area (Å²) in [6, 6.07) is 1.14. The van der Waals surface area contributed by atoms with Gasteiger partial charge in [0, 0.05) is 19.4 Å². The maximum Gasteiger partial charge on any atom is 0.330 e. The minimum absolute atomic E-state index is 0.0227. The molecule has 4 unspecified atom stereocenters. The molecule has 1 aliphatic heterocycles. The van der Waals surface area contributed by atoms with E-state index in [0.29, 0.717) is 6.42 Å². The fourth-order valence-electron chi connectivity index (χ4n) is 2.97. The standard InChI is InChI=1S/C15H22N2O6/c1-5-14(8-22-4)11(19)15(21,9(2)3)12(23-14)17-7-6-10(18)16-13(17)20/h6-7,11-12,19,21H,2,5,8H2,1,3-4H3,(H,16,18,20). The molecular formula is C15H22N2O6. The van der Waals surface area contributed by atoms with Gasteiger partial charge in [-0.25, -0.2) is 4.79 Å². The van der Waals surface area contributed by atoms with Gasteiger partial charge < -0.3 is 19.7 Å². The Hall–Kier alpha value is -1.74. The summed E-state index contributed by atoms with van der Waals surface area (Å²) < 4.78 is 12.0. The molecule has 0 amide bonds. The number of nitrogens with zero attached hydrogens (tertiary/aromatic N) is 1. The zero-order valence-corrected chi connectivity index (χ0v) is 13.4. The van der Waals surface area contributed by atoms with Crippen LogP contribution in [-0.2, 0) is 9.47 Å². The first-order valence-electron chi connectivity index (χ1n) is 7.27. The summed E-state index contributed by atoms with van der Waals surface area (Å²) in [5, 5.41) is 21.8. The monoisotopic (exact) mass is 326 g/mol. The molecule has 0 saturated carbocycles. The number of rotatable bonds is 5. The van der Waals surface area contributed by atoms with Crippen molar-refractivity contribution in [3.63, 3.8) is 0 Å². The van der Waals surface area contributed by atoms with E-state index in [9.17, 15) is 19.8 Å². The van der Waals surface area contributed by atoms with Gasteiger partial charge in [0.2, 0.25) is 0 Å². The van der Waals surface area contributed by atoms with Gasteiger partial charge >= 0.3 is 5.69 Å². The summed E-state index contributed by atoms with van der Waals surface area (Å²) in [5.41, 5.74) is -4.19. The molecule has 8 heteroatoms. The third-order valence-corrected chi connectivity index (χ3v) is 4.41. The zero-order chi connectivity index (χ0) is 17.4. The maximum absolute atomic E-state index is 12.1. The van der Waals surface area contributed by atoms with Crippen LogP contribution in [0, 0.1) is 0 Å². The second-order valence-electron chi connectivity index (χ2n) is 5.85. The van der Waals surface area contributed by atoms with Crippen molar-refractivity contribution in [2.75, 3.05) is 13.7 Å². The molecule has 1 fully saturated rings. The van der Waals surface area contributed by atoms with Crippen LogP contribution < -0.4 is 11.2 Å². The average Bonchev–Trinajstić information content (AvgIpc) is 2.71. The third kappa shape index (κ3) is 2.57. The Balaban J connectivity index is 2.63. The van der Waals surface area contributed by atoms with Crippen molar-refractivity contribution < 1.29 is 19.7 Å². The Morgan fingerprint density at radius 2 is 2.22 bits per heavy atom. The number of aromatic amines is 1. The van der Waals surface area contributed by atoms with Crippen molar-refractivity contribution in [1.82, 2.24) is 9.55 Å². The van der Waals surface area contributed by atoms with Crippen LogP contribution in [0.25, 0.3) is 0 Å². The number of aliphatic hydroxyl groups excluding tert-OH is 1. The Morgan fingerprint density at radius 1 is 1.57 bits per heavy atom. The molecule has 8 nitrogen and oxygen atoms in total. The number of methoxy groups -OCH3 is 1. The predicted molar refractivity (Wildman–Crippen MR) is 82.1 cm³/mol. The van der Waals surface area contributed by atoms with Crippen LogP contribution in [-0.4, -0.2) is 50.8 Å². The highest BCUT2D eigenvalue weighted by molar-refractivity contribution is 5.23. The molecule has 4 atom stereocenters. The van der Waals surface area contributed by atoms with Crippen LogP contribution in [0.3, 0.4) is 0 Å². The maximum atomic E-state index is 12.1. The number of H-pyrrole nitrogens is 1. The van der Waals surface area contributed by atoms with Gasteiger partial charge in [-0.1, -0.05) is 13.5 Å². The van der Waals surface area contributed by atoms with Crippen LogP contribution in [0.4, 0.5) is 0 Å². The molecule has 3 N–H and O–H groups in total. The first-order valence-corrected chi connectivity index (χ1v) is 7.27. The smallest absolute Gasteiger partial charge is 0.330 e. The molecule has 128 valence electrons. The lowest BCUT2D eigenvalue weighted by atomic mass is 9.81. The summed E-state index contributed by atoms with van der Waals surface area (Å²) >= 11 is 0. The Labute approximate surface area is 133 Å². The molecular weight excluding hydrogens is 304 g/mol. The molecule has 2 rings (SSSR count). The fourth-order valence-corrected chi connectivity index (χ4v) is 2.97. The van der Waals surface area contributed by atoms with E-state index in [2.05, 4.69) is 11.6 Å². The van der Waals surface area contributed by atoms with E-state index in [1.807, 2.05) is 0 Å². The van der Waals surface area contributed by atoms with Gasteiger partial charge in [-0.15, -0.1) is 0 Å². The lowest BCUT2D eigenvalue weighted by Crippen LogP contribution is -2.53. The lowest BCUT2D eigenvalue weighted by Gasteiger charge is -2.34. The summed E-state index contributed by atoms with van der Waals surface area (Å²) in [6.45, 7) is 7.06. The summed E-state index contributed by atoms with van der Waals surface area (Å²) in [5.74, 6) is 0. The number of hydrogen-bond acceptors (Lipinski definition) is 6. The molecule has 23 heavy (non-hydrogen) atoms. The van der Waals surface area contributed by atoms with Crippen molar-refractivity contribution in [3.8, 4) is 0 Å². The second kappa shape index (κ2) is 6.04. The first-order chi connectivity index (χ1) is 10.7. The highest BCUT2D eigenvalue weighted by Gasteiger charge is 2.63. The van der Waals surface area contributed by atoms with Crippen molar-refractivity contribution in [2.45, 2.75) is 43.8 Å². The van der Waals surface area contributed by atoms with Crippen LogP contribution in [0.1, 0.15) is 26.5 Å². The normalized spacial score (nSPS) is 33.8. The van der Waals surface area contributed by atoms with Crippen molar-refractivity contribution in [2.24, 2.45) is 0 Å². The predicted octanol–water partition coefficient (Wildman–Crippen LogP) is -0.471. The summed E-state index contributed by atoms with van der Waals surface area (Å²) in [4.78, 5) is 25.4. The van der Waals surface area contributed by atoms with Gasteiger partial charge in [-0.05, 0) is 18.9 Å². The van der Waals surface area contributed by atoms with Crippen LogP contribution in [0.2, 0.25) is 0 Å². The molecule has 0 spiro atoms. The van der Waals surface area contributed by atoms with Crippen molar-refractivity contribution >= 4 is 0 Å². The molecule has 0 aliphatic carbocycles. The number of aromatic nitrogens is 2. The minimum atomic E-state index is -1.91. The van der Waals surface area contributed by atoms with Crippen LogP contribution in [0.15, 0.2) is 34.0 Å². The molecule has 0 bridgehead atoms. The van der Waals surface area contributed by atoms with Gasteiger partial charge in [-0.3, -0.25) is 14.3 Å². The minimum Gasteiger partial charge on any atom is -0.386 e. The number of hydrogen-bond donors (Lipinski definition) is 3. The van der Waals surface area contributed by atoms with Crippen LogP contribution >= 0.6 is 0 Å². The third-order valence-electron chi connectivity index (χ3n) is 4.41. The highest BCUT2D eigenvalue weighted by atomic mass is 16.6. The fraction of sp³-hybridized carbons (Fsp3) is 0.600. The van der Waals surface area contributed by atoms with Crippen molar-refractivity contribution in [3.05, 3.63) is 45.3 Å². The molecule has 1 saturated heterocycles. The largest absolute Gasteiger partial charge is 0.386 e. The van der Waals surface area contributed by atoms with Gasteiger partial charge in [-0.2, -0.15) is 0 Å². The summed E-state index contributed by atoms with van der Waals surface area (Å²) in [6.07, 6.45) is -1.05. The molecule has 1 aliphatic rings. The second-order valence-corrected chi connectivity index (χ2v) is 5.85. The first kappa shape index (κ1) is 17.6. The highest BCUT2D eigenvalue weighted by Crippen LogP contribution is 2.48. The van der Waals surface area contributed by atoms with E-state index in [1.54, 1.807) is 6.92 Å². The molecule has 0 aromatic carbocycles. The Bertz CT molecular complexity index is 710. The van der Waals surface area contributed by atoms with Gasteiger partial charge in [0.1, 0.15) is 11.7 Å². The SMILES string of the molecule is C=C(C)C1(O)C(n2ccc(=O)[nH]c2=O)OC(CC)(COC)C1O. The van der Waals surface area contributed by atoms with Crippen molar-refractivity contribution in [1.29, 1.82) is 0 Å². The van der Waals surface area contributed by atoms with Crippen LogP contribution in [0.5, 0.6) is 0 Å². The van der Waals surface area contributed by atoms with E-state index in [-0.39, 0.29) is 12.2 Å². The molecule has 0 radical (unpaired) electrons. The van der Waals surface area contributed by atoms with Gasteiger partial charge in [0.25, 0.3) is 5.56 Å². The number of nitrogens with one attached hydrogen (secondary N) is 1. The Kier molecular flexibility index (Phi) is 4.63. The number of ether oxygens (including phenoxy) is 2. The molecule has 1 aromatic heterocycles. The van der Waals surface area contributed by atoms with Gasteiger partial charge in [0.15, 0.2) is 11.8 Å². The van der Waals surface area contributed by atoms with E-state index < -0.39 is 34.8 Å². The lowest BCUT2D eigenvalue weighted by molar-refractivity contribution is -0.138. The number of aliphatic hydroxyl groups is 2. The zero-order valence-electron chi connectivity index (χ0n) is 13.4. The average molecular weight is 326 g/mol.